The van der Waals surface area contributed by atoms with Crippen LogP contribution in [0.3, 0.4) is 0 Å². The second-order valence-corrected chi connectivity index (χ2v) is 4.58. The maximum absolute atomic E-state index is 11.7. The lowest BCUT2D eigenvalue weighted by Crippen LogP contribution is -2.46. The Kier molecular flexibility index (Phi) is 4.55. The molecule has 1 aromatic heterocycles. The van der Waals surface area contributed by atoms with E-state index in [1.165, 1.54) is 0 Å². The zero-order chi connectivity index (χ0) is 15.2. The van der Waals surface area contributed by atoms with Gasteiger partial charge in [0.2, 0.25) is 5.91 Å². The Bertz CT molecular complexity index is 623. The van der Waals surface area contributed by atoms with Crippen molar-refractivity contribution in [1.82, 2.24) is 20.4 Å². The van der Waals surface area contributed by atoms with Gasteiger partial charge in [0.15, 0.2) is 0 Å². The fourth-order valence-electron chi connectivity index (χ4n) is 1.79. The molecule has 2 rings (SSSR count). The van der Waals surface area contributed by atoms with E-state index in [4.69, 9.17) is 5.73 Å². The molecular weight excluding hydrogens is 270 g/mol. The second-order valence-electron chi connectivity index (χ2n) is 4.58. The molecule has 0 spiro atoms. The van der Waals surface area contributed by atoms with Crippen molar-refractivity contribution in [2.24, 2.45) is 5.73 Å². The minimum Gasteiger partial charge on any atom is -0.352 e. The van der Waals surface area contributed by atoms with Gasteiger partial charge in [0.05, 0.1) is 11.9 Å². The Morgan fingerprint density at radius 1 is 1.33 bits per heavy atom. The molecule has 0 unspecified atom stereocenters. The number of primary amides is 1. The first kappa shape index (κ1) is 14.6. The number of urea groups is 1. The van der Waals surface area contributed by atoms with Crippen molar-refractivity contribution in [2.75, 3.05) is 0 Å². The quantitative estimate of drug-likeness (QED) is 0.748. The lowest BCUT2D eigenvalue weighted by atomic mass is 10.3. The Labute approximate surface area is 122 Å². The van der Waals surface area contributed by atoms with Crippen molar-refractivity contribution < 1.29 is 9.59 Å². The summed E-state index contributed by atoms with van der Waals surface area (Å²) in [6.45, 7) is 1.89. The SMILES string of the molecule is C[C@H](NC(N)=O)C(=O)NCc1cnn(-c2ccccc2)c1. The first-order valence-electron chi connectivity index (χ1n) is 6.49. The number of benzene rings is 1. The number of aromatic nitrogens is 2. The van der Waals surface area contributed by atoms with E-state index in [0.29, 0.717) is 6.54 Å². The van der Waals surface area contributed by atoms with E-state index < -0.39 is 12.1 Å². The molecule has 0 bridgehead atoms. The largest absolute Gasteiger partial charge is 0.352 e. The molecule has 0 radical (unpaired) electrons. The summed E-state index contributed by atoms with van der Waals surface area (Å²) in [4.78, 5) is 22.4. The summed E-state index contributed by atoms with van der Waals surface area (Å²) < 4.78 is 1.73. The molecular formula is C14H17N5O2. The highest BCUT2D eigenvalue weighted by Crippen LogP contribution is 2.07. The highest BCUT2D eigenvalue weighted by molar-refractivity contribution is 5.86. The molecule has 7 nitrogen and oxygen atoms in total. The van der Waals surface area contributed by atoms with Crippen LogP contribution in [0.1, 0.15) is 12.5 Å². The van der Waals surface area contributed by atoms with Gasteiger partial charge >= 0.3 is 6.03 Å². The highest BCUT2D eigenvalue weighted by atomic mass is 16.2. The zero-order valence-electron chi connectivity index (χ0n) is 11.6. The third-order valence-corrected chi connectivity index (χ3v) is 2.88. The Morgan fingerprint density at radius 2 is 2.05 bits per heavy atom. The van der Waals surface area contributed by atoms with Crippen molar-refractivity contribution in [3.8, 4) is 5.69 Å². The van der Waals surface area contributed by atoms with E-state index >= 15 is 0 Å². The van der Waals surface area contributed by atoms with Gasteiger partial charge < -0.3 is 16.4 Å². The van der Waals surface area contributed by atoms with Gasteiger partial charge in [-0.2, -0.15) is 5.10 Å². The predicted molar refractivity (Wildman–Crippen MR) is 77.6 cm³/mol. The fourth-order valence-corrected chi connectivity index (χ4v) is 1.79. The molecule has 0 aliphatic carbocycles. The van der Waals surface area contributed by atoms with Crippen molar-refractivity contribution in [3.05, 3.63) is 48.3 Å². The summed E-state index contributed by atoms with van der Waals surface area (Å²) in [5, 5.41) is 9.26. The normalized spacial score (nSPS) is 11.7. The number of para-hydroxylation sites is 1. The average molecular weight is 287 g/mol. The fraction of sp³-hybridized carbons (Fsp3) is 0.214. The molecule has 0 saturated carbocycles. The van der Waals surface area contributed by atoms with Gasteiger partial charge in [0, 0.05) is 18.3 Å². The van der Waals surface area contributed by atoms with Crippen LogP contribution < -0.4 is 16.4 Å². The Hall–Kier alpha value is -2.83. The summed E-state index contributed by atoms with van der Waals surface area (Å²) in [6, 6.07) is 8.26. The number of hydrogen-bond donors (Lipinski definition) is 3. The van der Waals surface area contributed by atoms with Crippen LogP contribution in [-0.2, 0) is 11.3 Å². The smallest absolute Gasteiger partial charge is 0.312 e. The summed E-state index contributed by atoms with van der Waals surface area (Å²) in [5.74, 6) is -0.304. The molecule has 0 aliphatic heterocycles. The standard InChI is InChI=1S/C14H17N5O2/c1-10(18-14(15)21)13(20)16-7-11-8-17-19(9-11)12-5-3-2-4-6-12/h2-6,8-10H,7H2,1H3,(H,16,20)(H3,15,18,21)/t10-/m0/s1. The lowest BCUT2D eigenvalue weighted by molar-refractivity contribution is -0.122. The molecule has 0 fully saturated rings. The third kappa shape index (κ3) is 4.07. The van der Waals surface area contributed by atoms with Gasteiger partial charge in [-0.25, -0.2) is 9.48 Å². The number of nitrogens with zero attached hydrogens (tertiary/aromatic N) is 2. The van der Waals surface area contributed by atoms with Gasteiger partial charge in [0.25, 0.3) is 0 Å². The van der Waals surface area contributed by atoms with Crippen LogP contribution in [0, 0.1) is 0 Å². The molecule has 0 saturated heterocycles. The van der Waals surface area contributed by atoms with Crippen molar-refractivity contribution in [3.63, 3.8) is 0 Å². The van der Waals surface area contributed by atoms with Gasteiger partial charge in [0.1, 0.15) is 6.04 Å². The van der Waals surface area contributed by atoms with E-state index in [-0.39, 0.29) is 5.91 Å². The average Bonchev–Trinajstić information content (AvgIpc) is 2.94. The van der Waals surface area contributed by atoms with Crippen LogP contribution in [0.15, 0.2) is 42.7 Å². The number of nitrogens with one attached hydrogen (secondary N) is 2. The van der Waals surface area contributed by atoms with Crippen LogP contribution in [0.2, 0.25) is 0 Å². The van der Waals surface area contributed by atoms with E-state index in [1.54, 1.807) is 17.8 Å². The van der Waals surface area contributed by atoms with Crippen molar-refractivity contribution in [1.29, 1.82) is 0 Å². The molecule has 1 heterocycles. The van der Waals surface area contributed by atoms with Crippen molar-refractivity contribution in [2.45, 2.75) is 19.5 Å². The summed E-state index contributed by atoms with van der Waals surface area (Å²) >= 11 is 0. The molecule has 21 heavy (non-hydrogen) atoms. The monoisotopic (exact) mass is 287 g/mol. The van der Waals surface area contributed by atoms with Crippen LogP contribution in [0.5, 0.6) is 0 Å². The van der Waals surface area contributed by atoms with Crippen LogP contribution in [-0.4, -0.2) is 27.8 Å². The minimum absolute atomic E-state index is 0.304. The van der Waals surface area contributed by atoms with Gasteiger partial charge in [-0.3, -0.25) is 4.79 Å². The highest BCUT2D eigenvalue weighted by Gasteiger charge is 2.13. The second kappa shape index (κ2) is 6.56. The maximum atomic E-state index is 11.7. The number of rotatable bonds is 5. The first-order valence-corrected chi connectivity index (χ1v) is 6.49. The van der Waals surface area contributed by atoms with E-state index in [0.717, 1.165) is 11.3 Å². The molecule has 7 heteroatoms. The Morgan fingerprint density at radius 3 is 2.71 bits per heavy atom. The van der Waals surface area contributed by atoms with Crippen LogP contribution in [0.25, 0.3) is 5.69 Å². The molecule has 2 aromatic rings. The minimum atomic E-state index is -0.727. The van der Waals surface area contributed by atoms with Gasteiger partial charge in [-0.15, -0.1) is 0 Å². The third-order valence-electron chi connectivity index (χ3n) is 2.88. The Balaban J connectivity index is 1.91. The number of nitrogens with two attached hydrogens (primary N) is 1. The molecule has 110 valence electrons. The zero-order valence-corrected chi connectivity index (χ0v) is 11.6. The number of carbonyl (C=O) groups excluding carboxylic acids is 2. The number of carbonyl (C=O) groups is 2. The summed E-state index contributed by atoms with van der Waals surface area (Å²) in [7, 11) is 0. The molecule has 1 aromatic carbocycles. The summed E-state index contributed by atoms with van der Waals surface area (Å²) in [5.41, 5.74) is 6.77. The lowest BCUT2D eigenvalue weighted by Gasteiger charge is -2.11. The summed E-state index contributed by atoms with van der Waals surface area (Å²) in [6.07, 6.45) is 3.52. The van der Waals surface area contributed by atoms with Crippen LogP contribution in [0.4, 0.5) is 4.79 Å². The molecule has 4 N–H and O–H groups in total. The molecule has 0 aliphatic rings. The molecule has 3 amide bonds. The van der Waals surface area contributed by atoms with E-state index in [1.807, 2.05) is 36.5 Å². The van der Waals surface area contributed by atoms with Crippen molar-refractivity contribution >= 4 is 11.9 Å². The molecule has 1 atom stereocenters. The van der Waals surface area contributed by atoms with Crippen LogP contribution >= 0.6 is 0 Å². The van der Waals surface area contributed by atoms with Gasteiger partial charge in [-0.1, -0.05) is 18.2 Å². The van der Waals surface area contributed by atoms with Gasteiger partial charge in [-0.05, 0) is 19.1 Å². The topological polar surface area (TPSA) is 102 Å². The van der Waals surface area contributed by atoms with E-state index in [9.17, 15) is 9.59 Å². The number of amides is 3. The number of hydrogen-bond acceptors (Lipinski definition) is 3. The predicted octanol–water partition coefficient (Wildman–Crippen LogP) is 0.545. The maximum Gasteiger partial charge on any atom is 0.312 e. The first-order chi connectivity index (χ1) is 10.1. The van der Waals surface area contributed by atoms with E-state index in [2.05, 4.69) is 15.7 Å².